The summed E-state index contributed by atoms with van der Waals surface area (Å²) in [4.78, 5) is 49.5. The van der Waals surface area contributed by atoms with Gasteiger partial charge in [-0.25, -0.2) is 9.97 Å². The number of aromatic nitrogens is 3. The van der Waals surface area contributed by atoms with E-state index in [1.807, 2.05) is 0 Å². The maximum atomic E-state index is 12.7. The van der Waals surface area contributed by atoms with Gasteiger partial charge in [0.25, 0.3) is 0 Å². The van der Waals surface area contributed by atoms with Gasteiger partial charge in [0.05, 0.1) is 19.6 Å². The highest BCUT2D eigenvalue weighted by atomic mass is 16.5. The second-order valence-corrected chi connectivity index (χ2v) is 12.0. The van der Waals surface area contributed by atoms with E-state index in [9.17, 15) is 19.5 Å². The van der Waals surface area contributed by atoms with Crippen LogP contribution in [0.4, 0.5) is 0 Å². The molecule has 10 heteroatoms. The number of ketones is 2. The first-order chi connectivity index (χ1) is 21.3. The van der Waals surface area contributed by atoms with Gasteiger partial charge in [0.15, 0.2) is 5.78 Å². The minimum absolute atomic E-state index is 0.0169. The smallest absolute Gasteiger partial charge is 0.316 e. The highest BCUT2D eigenvalue weighted by Crippen LogP contribution is 2.25. The van der Waals surface area contributed by atoms with Crippen LogP contribution < -0.4 is 4.74 Å². The molecule has 2 heterocycles. The fourth-order valence-electron chi connectivity index (χ4n) is 5.13. The first-order valence-corrected chi connectivity index (χ1v) is 16.1. The lowest BCUT2D eigenvalue weighted by molar-refractivity contribution is -0.137. The zero-order valence-corrected chi connectivity index (χ0v) is 26.4. The van der Waals surface area contributed by atoms with Crippen LogP contribution in [0.25, 0.3) is 0 Å². The monoisotopic (exact) mass is 611 g/mol. The molecule has 1 aliphatic carbocycles. The molecule has 0 bridgehead atoms. The number of carbonyl (C=O) groups excluding carboxylic acids is 2. The normalized spacial score (nSPS) is 13.4. The highest BCUT2D eigenvalue weighted by Gasteiger charge is 2.21. The molecule has 1 atom stereocenters. The predicted molar refractivity (Wildman–Crippen MR) is 166 cm³/mol. The van der Waals surface area contributed by atoms with Crippen molar-refractivity contribution in [2.24, 2.45) is 5.92 Å². The number of carboxylic acid groups (broad SMARTS) is 1. The Morgan fingerprint density at radius 3 is 2.34 bits per heavy atom. The molecule has 44 heavy (non-hydrogen) atoms. The SMILES string of the molecule is CC(C)CCOCCOCCCC(=O)COc1ncc([C@H](CC(=O)O)CC(=O)CCCCc2ccc3c(n2)CCCC3)cn1. The van der Waals surface area contributed by atoms with Crippen molar-refractivity contribution in [2.75, 3.05) is 33.0 Å². The van der Waals surface area contributed by atoms with Crippen molar-refractivity contribution in [3.8, 4) is 6.01 Å². The predicted octanol–water partition coefficient (Wildman–Crippen LogP) is 5.49. The van der Waals surface area contributed by atoms with Crippen LogP contribution in [0.5, 0.6) is 6.01 Å². The zero-order valence-electron chi connectivity index (χ0n) is 26.4. The van der Waals surface area contributed by atoms with Crippen LogP contribution in [0.15, 0.2) is 24.5 Å². The molecule has 1 N–H and O–H groups in total. The lowest BCUT2D eigenvalue weighted by atomic mass is 9.91. The van der Waals surface area contributed by atoms with E-state index in [0.29, 0.717) is 50.6 Å². The van der Waals surface area contributed by atoms with Crippen molar-refractivity contribution in [3.05, 3.63) is 47.0 Å². The fourth-order valence-corrected chi connectivity index (χ4v) is 5.13. The number of carbonyl (C=O) groups is 3. The zero-order chi connectivity index (χ0) is 31.6. The molecule has 0 unspecified atom stereocenters. The van der Waals surface area contributed by atoms with Gasteiger partial charge in [-0.2, -0.15) is 0 Å². The van der Waals surface area contributed by atoms with Crippen molar-refractivity contribution in [2.45, 2.75) is 103 Å². The van der Waals surface area contributed by atoms with Gasteiger partial charge in [-0.1, -0.05) is 19.9 Å². The van der Waals surface area contributed by atoms with Crippen molar-refractivity contribution in [1.29, 1.82) is 0 Å². The first kappa shape index (κ1) is 35.2. The number of nitrogens with zero attached hydrogens (tertiary/aromatic N) is 3. The molecule has 0 saturated carbocycles. The molecule has 3 rings (SSSR count). The summed E-state index contributed by atoms with van der Waals surface area (Å²) in [5.41, 5.74) is 4.22. The number of hydrogen-bond donors (Lipinski definition) is 1. The molecule has 0 amide bonds. The van der Waals surface area contributed by atoms with Gasteiger partial charge in [0.2, 0.25) is 0 Å². The Morgan fingerprint density at radius 1 is 0.864 bits per heavy atom. The van der Waals surface area contributed by atoms with E-state index >= 15 is 0 Å². The van der Waals surface area contributed by atoms with Crippen LogP contribution in [0.1, 0.15) is 106 Å². The second kappa shape index (κ2) is 19.9. The van der Waals surface area contributed by atoms with E-state index in [-0.39, 0.29) is 37.0 Å². The summed E-state index contributed by atoms with van der Waals surface area (Å²) >= 11 is 0. The summed E-state index contributed by atoms with van der Waals surface area (Å²) in [6.07, 6.45) is 12.2. The van der Waals surface area contributed by atoms with Crippen LogP contribution in [-0.2, 0) is 43.1 Å². The summed E-state index contributed by atoms with van der Waals surface area (Å²) < 4.78 is 16.4. The third-order valence-electron chi connectivity index (χ3n) is 7.71. The second-order valence-electron chi connectivity index (χ2n) is 12.0. The van der Waals surface area contributed by atoms with Gasteiger partial charge in [-0.05, 0) is 80.9 Å². The molecule has 0 fully saturated rings. The third kappa shape index (κ3) is 14.0. The Kier molecular flexibility index (Phi) is 16.0. The minimum Gasteiger partial charge on any atom is -0.481 e. The summed E-state index contributed by atoms with van der Waals surface area (Å²) in [6.45, 7) is 6.41. The summed E-state index contributed by atoms with van der Waals surface area (Å²) in [6, 6.07) is 4.33. The van der Waals surface area contributed by atoms with E-state index in [1.165, 1.54) is 36.5 Å². The lowest BCUT2D eigenvalue weighted by Gasteiger charge is -2.15. The number of unbranched alkanes of at least 4 members (excludes halogenated alkanes) is 1. The molecular weight excluding hydrogens is 562 g/mol. The average molecular weight is 612 g/mol. The maximum Gasteiger partial charge on any atom is 0.316 e. The number of aliphatic carboxylic acids is 1. The summed E-state index contributed by atoms with van der Waals surface area (Å²) in [5.74, 6) is -0.978. The molecule has 242 valence electrons. The van der Waals surface area contributed by atoms with Crippen LogP contribution in [0.2, 0.25) is 0 Å². The molecule has 0 aliphatic heterocycles. The number of pyridine rings is 1. The maximum absolute atomic E-state index is 12.7. The summed E-state index contributed by atoms with van der Waals surface area (Å²) in [7, 11) is 0. The van der Waals surface area contributed by atoms with Crippen molar-refractivity contribution in [3.63, 3.8) is 0 Å². The third-order valence-corrected chi connectivity index (χ3v) is 7.71. The molecular formula is C34H49N3O7. The summed E-state index contributed by atoms with van der Waals surface area (Å²) in [5, 5.41) is 9.42. The van der Waals surface area contributed by atoms with Crippen LogP contribution in [0.3, 0.4) is 0 Å². The van der Waals surface area contributed by atoms with E-state index in [1.54, 1.807) is 0 Å². The largest absolute Gasteiger partial charge is 0.481 e. The number of aryl methyl sites for hydroxylation is 3. The quantitative estimate of drug-likeness (QED) is 0.161. The molecule has 10 nitrogen and oxygen atoms in total. The fraction of sp³-hybridized carbons (Fsp3) is 0.647. The van der Waals surface area contributed by atoms with E-state index in [0.717, 1.165) is 50.8 Å². The van der Waals surface area contributed by atoms with Gasteiger partial charge in [-0.15, -0.1) is 0 Å². The standard InChI is InChI=1S/C34H49N3O7/c1-25(2)15-17-43-19-18-42-16-7-11-31(39)24-44-34-35-22-28(23-36-34)27(21-33(40)41)20-30(38)10-5-4-9-29-14-13-26-8-3-6-12-32(26)37-29/h13-14,22-23,25,27H,3-12,15-21,24H2,1-2H3,(H,40,41)/t27-/m0/s1. The Hall–Kier alpha value is -3.24. The molecule has 2 aromatic heterocycles. The van der Waals surface area contributed by atoms with Crippen LogP contribution in [0, 0.1) is 5.92 Å². The Bertz CT molecular complexity index is 1170. The van der Waals surface area contributed by atoms with Crippen molar-refractivity contribution < 1.29 is 33.7 Å². The van der Waals surface area contributed by atoms with Gasteiger partial charge >= 0.3 is 12.0 Å². The number of ether oxygens (including phenoxy) is 3. The van der Waals surface area contributed by atoms with Crippen LogP contribution >= 0.6 is 0 Å². The molecule has 2 aromatic rings. The number of carboxylic acids is 1. The van der Waals surface area contributed by atoms with Crippen molar-refractivity contribution in [1.82, 2.24) is 15.0 Å². The molecule has 0 aromatic carbocycles. The minimum atomic E-state index is -0.991. The number of fused-ring (bicyclic) bond motifs is 1. The Morgan fingerprint density at radius 2 is 1.59 bits per heavy atom. The van der Waals surface area contributed by atoms with Crippen molar-refractivity contribution >= 4 is 17.5 Å². The van der Waals surface area contributed by atoms with E-state index < -0.39 is 11.9 Å². The molecule has 0 saturated heterocycles. The number of hydrogen-bond acceptors (Lipinski definition) is 9. The lowest BCUT2D eigenvalue weighted by Crippen LogP contribution is -2.15. The topological polar surface area (TPSA) is 138 Å². The van der Waals surface area contributed by atoms with Crippen LogP contribution in [-0.4, -0.2) is 70.6 Å². The van der Waals surface area contributed by atoms with Gasteiger partial charge < -0.3 is 19.3 Å². The average Bonchev–Trinajstić information content (AvgIpc) is 3.01. The number of rotatable bonds is 23. The van der Waals surface area contributed by atoms with Gasteiger partial charge in [-0.3, -0.25) is 19.4 Å². The highest BCUT2D eigenvalue weighted by molar-refractivity contribution is 5.80. The molecule has 0 spiro atoms. The van der Waals surface area contributed by atoms with Gasteiger partial charge in [0.1, 0.15) is 12.4 Å². The van der Waals surface area contributed by atoms with E-state index in [4.69, 9.17) is 19.2 Å². The Labute approximate surface area is 261 Å². The first-order valence-electron chi connectivity index (χ1n) is 16.1. The Balaban J connectivity index is 1.33. The molecule has 1 aliphatic rings. The molecule has 0 radical (unpaired) electrons. The van der Waals surface area contributed by atoms with Gasteiger partial charge in [0, 0.05) is 62.2 Å². The van der Waals surface area contributed by atoms with E-state index in [2.05, 4.69) is 35.9 Å². The number of Topliss-reactive ketones (excluding diaryl/α,β-unsaturated/α-hetero) is 2.